The van der Waals surface area contributed by atoms with E-state index >= 15 is 0 Å². The highest BCUT2D eigenvalue weighted by molar-refractivity contribution is 5.97. The van der Waals surface area contributed by atoms with E-state index in [4.69, 9.17) is 0 Å². The van der Waals surface area contributed by atoms with Gasteiger partial charge in [0.1, 0.15) is 17.5 Å². The van der Waals surface area contributed by atoms with Crippen molar-refractivity contribution in [3.8, 4) is 0 Å². The van der Waals surface area contributed by atoms with E-state index in [1.165, 1.54) is 4.40 Å². The quantitative estimate of drug-likeness (QED) is 0.710. The number of nitrogens with zero attached hydrogens (tertiary/aromatic N) is 4. The van der Waals surface area contributed by atoms with Gasteiger partial charge in [-0.25, -0.2) is 4.98 Å². The molecule has 2 aromatic rings. The van der Waals surface area contributed by atoms with Crippen LogP contribution in [0.2, 0.25) is 0 Å². The molecule has 34 heavy (non-hydrogen) atoms. The number of rotatable bonds is 4. The number of nitrogens with one attached hydrogen (secondary N) is 2. The molecule has 1 saturated carbocycles. The first-order valence-electron chi connectivity index (χ1n) is 11.5. The fraction of sp³-hybridized carbons (Fsp3) is 0.458. The van der Waals surface area contributed by atoms with Gasteiger partial charge >= 0.3 is 6.18 Å². The van der Waals surface area contributed by atoms with Gasteiger partial charge < -0.3 is 15.5 Å². The van der Waals surface area contributed by atoms with Gasteiger partial charge in [0.2, 0.25) is 5.91 Å². The number of hydrogen-bond donors (Lipinski definition) is 2. The predicted molar refractivity (Wildman–Crippen MR) is 124 cm³/mol. The summed E-state index contributed by atoms with van der Waals surface area (Å²) in [5, 5.41) is 6.53. The van der Waals surface area contributed by atoms with E-state index in [0.717, 1.165) is 37.7 Å². The molecule has 7 nitrogen and oxygen atoms in total. The Balaban J connectivity index is 1.19. The van der Waals surface area contributed by atoms with Crippen LogP contribution in [-0.2, 0) is 11.0 Å². The molecule has 10 heteroatoms. The summed E-state index contributed by atoms with van der Waals surface area (Å²) in [6, 6.07) is 5.07. The highest BCUT2D eigenvalue weighted by Crippen LogP contribution is 2.31. The number of anilines is 1. The minimum absolute atomic E-state index is 0.0564. The van der Waals surface area contributed by atoms with Gasteiger partial charge in [-0.05, 0) is 44.7 Å². The third-order valence-electron chi connectivity index (χ3n) is 6.97. The SMILES string of the molecule is CC1=NC2C(C(=O)NC3CCC(Nc4cccc5nc(C(F)(F)F)cn45)CC3)=CC=CC2N1C. The standard InChI is InChI=1S/C24H27F3N6O/c1-14-28-22-17(5-3-6-18(22)32(14)2)23(34)30-16-11-9-15(10-12-16)29-20-7-4-8-21-31-19(13-33(20)21)24(25,26)27/h3-8,13,15-16,18,22,29H,9-12H2,1-2H3,(H,30,34). The fourth-order valence-electron chi connectivity index (χ4n) is 4.99. The number of hydrogen-bond acceptors (Lipinski definition) is 5. The zero-order valence-corrected chi connectivity index (χ0v) is 19.0. The number of allylic oxidation sites excluding steroid dienone is 2. The summed E-state index contributed by atoms with van der Waals surface area (Å²) in [6.07, 6.45) is 5.54. The van der Waals surface area contributed by atoms with E-state index < -0.39 is 11.9 Å². The zero-order chi connectivity index (χ0) is 24.0. The van der Waals surface area contributed by atoms with Gasteiger partial charge in [0.05, 0.1) is 11.9 Å². The Morgan fingerprint density at radius 2 is 1.88 bits per heavy atom. The van der Waals surface area contributed by atoms with E-state index in [-0.39, 0.29) is 35.7 Å². The molecular weight excluding hydrogens is 445 g/mol. The first kappa shape index (κ1) is 22.5. The van der Waals surface area contributed by atoms with Gasteiger partial charge in [-0.2, -0.15) is 13.2 Å². The maximum Gasteiger partial charge on any atom is 0.434 e. The van der Waals surface area contributed by atoms with Crippen molar-refractivity contribution in [2.75, 3.05) is 12.4 Å². The second-order valence-electron chi connectivity index (χ2n) is 9.16. The van der Waals surface area contributed by atoms with Crippen LogP contribution in [0.4, 0.5) is 19.0 Å². The topological polar surface area (TPSA) is 74.0 Å². The number of likely N-dealkylation sites (N-methyl/N-ethyl adjacent to an activating group) is 1. The van der Waals surface area contributed by atoms with Crippen molar-refractivity contribution < 1.29 is 18.0 Å². The summed E-state index contributed by atoms with van der Waals surface area (Å²) in [4.78, 5) is 23.4. The van der Waals surface area contributed by atoms with Crippen molar-refractivity contribution in [3.05, 3.63) is 53.9 Å². The number of pyridine rings is 1. The summed E-state index contributed by atoms with van der Waals surface area (Å²) in [6.45, 7) is 1.95. The number of amidine groups is 1. The smallest absolute Gasteiger partial charge is 0.368 e. The van der Waals surface area contributed by atoms with E-state index in [1.807, 2.05) is 26.1 Å². The van der Waals surface area contributed by atoms with Crippen molar-refractivity contribution in [3.63, 3.8) is 0 Å². The molecule has 1 aliphatic heterocycles. The fourth-order valence-corrected chi connectivity index (χ4v) is 4.99. The van der Waals surface area contributed by atoms with Gasteiger partial charge in [0, 0.05) is 30.9 Å². The molecule has 0 radical (unpaired) electrons. The minimum atomic E-state index is -4.49. The molecule has 0 bridgehead atoms. The number of aliphatic imine (C=N–C) groups is 1. The maximum atomic E-state index is 13.1. The third-order valence-corrected chi connectivity index (χ3v) is 6.97. The van der Waals surface area contributed by atoms with Gasteiger partial charge in [0.15, 0.2) is 5.69 Å². The predicted octanol–water partition coefficient (Wildman–Crippen LogP) is 3.79. The number of imidazole rings is 1. The lowest BCUT2D eigenvalue weighted by molar-refractivity contribution is -0.140. The Bertz CT molecular complexity index is 1190. The van der Waals surface area contributed by atoms with E-state index in [2.05, 4.69) is 31.6 Å². The number of fused-ring (bicyclic) bond motifs is 2. The Labute approximate surface area is 195 Å². The molecule has 2 aliphatic carbocycles. The monoisotopic (exact) mass is 472 g/mol. The highest BCUT2D eigenvalue weighted by atomic mass is 19.4. The Morgan fingerprint density at radius 1 is 1.15 bits per heavy atom. The van der Waals surface area contributed by atoms with E-state index in [1.54, 1.807) is 18.2 Å². The van der Waals surface area contributed by atoms with Crippen molar-refractivity contribution in [2.24, 2.45) is 4.99 Å². The molecule has 2 aromatic heterocycles. The molecule has 5 rings (SSSR count). The zero-order valence-electron chi connectivity index (χ0n) is 19.0. The summed E-state index contributed by atoms with van der Waals surface area (Å²) in [7, 11) is 1.98. The Kier molecular flexibility index (Phi) is 5.61. The van der Waals surface area contributed by atoms with Crippen LogP contribution in [0.15, 0.2) is 53.2 Å². The average molecular weight is 473 g/mol. The molecule has 3 heterocycles. The molecule has 2 atom stereocenters. The number of halogens is 3. The lowest BCUT2D eigenvalue weighted by atomic mass is 9.89. The van der Waals surface area contributed by atoms with Crippen LogP contribution in [0.1, 0.15) is 38.3 Å². The molecular formula is C24H27F3N6O. The number of carbonyl (C=O) groups excluding carboxylic acids is 1. The highest BCUT2D eigenvalue weighted by Gasteiger charge is 2.37. The lowest BCUT2D eigenvalue weighted by Gasteiger charge is -2.32. The van der Waals surface area contributed by atoms with Crippen LogP contribution < -0.4 is 10.6 Å². The first-order chi connectivity index (χ1) is 16.2. The summed E-state index contributed by atoms with van der Waals surface area (Å²) < 4.78 is 40.6. The number of aromatic nitrogens is 2. The number of amides is 1. The van der Waals surface area contributed by atoms with Crippen LogP contribution in [0.5, 0.6) is 0 Å². The minimum Gasteiger partial charge on any atom is -0.368 e. The van der Waals surface area contributed by atoms with E-state index in [0.29, 0.717) is 11.4 Å². The van der Waals surface area contributed by atoms with Crippen LogP contribution in [0, 0.1) is 0 Å². The second kappa shape index (κ2) is 8.48. The summed E-state index contributed by atoms with van der Waals surface area (Å²) in [5.74, 6) is 1.42. The molecule has 180 valence electrons. The summed E-state index contributed by atoms with van der Waals surface area (Å²) in [5.41, 5.74) is 0.0285. The molecule has 3 aliphatic rings. The van der Waals surface area contributed by atoms with Crippen LogP contribution in [0.3, 0.4) is 0 Å². The van der Waals surface area contributed by atoms with Gasteiger partial charge in [-0.15, -0.1) is 0 Å². The third kappa shape index (κ3) is 4.17. The molecule has 1 fully saturated rings. The van der Waals surface area contributed by atoms with Crippen LogP contribution in [-0.4, -0.2) is 57.2 Å². The molecule has 0 saturated heterocycles. The Morgan fingerprint density at radius 3 is 2.62 bits per heavy atom. The van der Waals surface area contributed by atoms with Crippen molar-refractivity contribution in [1.82, 2.24) is 19.6 Å². The summed E-state index contributed by atoms with van der Waals surface area (Å²) >= 11 is 0. The Hall–Kier alpha value is -3.30. The van der Waals surface area contributed by atoms with Crippen molar-refractivity contribution in [2.45, 2.75) is 63.0 Å². The van der Waals surface area contributed by atoms with Crippen molar-refractivity contribution in [1.29, 1.82) is 0 Å². The molecule has 2 N–H and O–H groups in total. The van der Waals surface area contributed by atoms with Gasteiger partial charge in [0.25, 0.3) is 0 Å². The van der Waals surface area contributed by atoms with E-state index in [9.17, 15) is 18.0 Å². The molecule has 1 amide bonds. The first-order valence-corrected chi connectivity index (χ1v) is 11.5. The van der Waals surface area contributed by atoms with Crippen LogP contribution in [0.25, 0.3) is 5.65 Å². The normalized spacial score (nSPS) is 26.8. The number of alkyl halides is 3. The number of carbonyl (C=O) groups is 1. The largest absolute Gasteiger partial charge is 0.434 e. The molecule has 2 unspecified atom stereocenters. The second-order valence-corrected chi connectivity index (χ2v) is 9.16. The van der Waals surface area contributed by atoms with Crippen molar-refractivity contribution >= 4 is 23.2 Å². The maximum absolute atomic E-state index is 13.1. The lowest BCUT2D eigenvalue weighted by Crippen LogP contribution is -2.44. The average Bonchev–Trinajstić information content (AvgIpc) is 3.37. The van der Waals surface area contributed by atoms with Gasteiger partial charge in [-0.3, -0.25) is 14.2 Å². The molecule has 0 aromatic carbocycles. The molecule has 0 spiro atoms. The van der Waals surface area contributed by atoms with Crippen LogP contribution >= 0.6 is 0 Å². The van der Waals surface area contributed by atoms with Gasteiger partial charge in [-0.1, -0.05) is 24.3 Å².